The number of amides is 4. The van der Waals surface area contributed by atoms with Crippen molar-refractivity contribution in [2.75, 3.05) is 18.4 Å². The number of aromatic hydroxyl groups is 1. The Morgan fingerprint density at radius 1 is 0.788 bits per heavy atom. The fourth-order valence-corrected chi connectivity index (χ4v) is 4.97. The number of imide groups is 1. The monoisotopic (exact) mass is 719 g/mol. The summed E-state index contributed by atoms with van der Waals surface area (Å²) in [5.41, 5.74) is 18.1. The molecular formula is C35H45N9O8. The standard InChI is InChI=1S/C35H45N9O8/c36-19-5-4-9-29(32(47)43-31(46)28(10-6-20-39-34(37)38)40-25-13-15-26(16-14-25)44(50)51)41-33(48)30(21-23-11-17-27(45)18-12-23)42-35(49)52-22-24-7-2-1-3-8-24/h1-3,7-8,11-18,28-30,40,45H,4-6,9-10,19-22,36H2,(H,41,48)(H,42,49)(H4,37,38,39)(H,43,46,47)/t28-,29-,30-/m0/s1. The highest BCUT2D eigenvalue weighted by atomic mass is 16.6. The number of nitrogens with zero attached hydrogens (tertiary/aromatic N) is 2. The Morgan fingerprint density at radius 3 is 2.08 bits per heavy atom. The second-order valence-electron chi connectivity index (χ2n) is 11.8. The number of nitrogens with two attached hydrogens (primary N) is 3. The number of nitro benzene ring substituents is 1. The molecule has 11 N–H and O–H groups in total. The van der Waals surface area contributed by atoms with Crippen LogP contribution in [0.1, 0.15) is 43.2 Å². The minimum Gasteiger partial charge on any atom is -0.508 e. The summed E-state index contributed by atoms with van der Waals surface area (Å²) in [7, 11) is 0. The normalized spacial score (nSPS) is 12.3. The molecule has 0 spiro atoms. The molecule has 0 saturated heterocycles. The molecule has 0 aliphatic carbocycles. The SMILES string of the molecule is NCCCC[C@H](NC(=O)[C@H](Cc1ccc(O)cc1)NC(=O)OCc1ccccc1)C(=O)NC(=O)[C@H](CCCN=C(N)N)Nc1ccc([N+](=O)[O-])cc1. The number of ether oxygens (including phenoxy) is 1. The number of hydrogen-bond acceptors (Lipinski definition) is 11. The summed E-state index contributed by atoms with van der Waals surface area (Å²) in [6.07, 6.45) is 0.706. The minimum absolute atomic E-state index is 0.0129. The van der Waals surface area contributed by atoms with Crippen LogP contribution < -0.4 is 38.5 Å². The second-order valence-corrected chi connectivity index (χ2v) is 11.8. The van der Waals surface area contributed by atoms with Gasteiger partial charge in [-0.2, -0.15) is 0 Å². The van der Waals surface area contributed by atoms with E-state index >= 15 is 0 Å². The van der Waals surface area contributed by atoms with Crippen molar-refractivity contribution in [3.63, 3.8) is 0 Å². The van der Waals surface area contributed by atoms with Crippen LogP contribution in [0.25, 0.3) is 0 Å². The van der Waals surface area contributed by atoms with E-state index in [0.29, 0.717) is 37.1 Å². The lowest BCUT2D eigenvalue weighted by molar-refractivity contribution is -0.384. The molecule has 3 atom stereocenters. The number of guanidine groups is 1. The molecule has 0 unspecified atom stereocenters. The van der Waals surface area contributed by atoms with Crippen molar-refractivity contribution >= 4 is 41.1 Å². The molecule has 0 aromatic heterocycles. The molecule has 0 fully saturated rings. The van der Waals surface area contributed by atoms with Gasteiger partial charge in [0.2, 0.25) is 17.7 Å². The summed E-state index contributed by atoms with van der Waals surface area (Å²) >= 11 is 0. The largest absolute Gasteiger partial charge is 0.508 e. The Morgan fingerprint density at radius 2 is 1.44 bits per heavy atom. The van der Waals surface area contributed by atoms with Gasteiger partial charge in [-0.15, -0.1) is 0 Å². The van der Waals surface area contributed by atoms with Crippen LogP contribution in [0.15, 0.2) is 83.9 Å². The molecule has 3 aromatic carbocycles. The Balaban J connectivity index is 1.77. The number of benzene rings is 3. The molecule has 0 saturated carbocycles. The highest BCUT2D eigenvalue weighted by Crippen LogP contribution is 2.18. The molecule has 3 aromatic rings. The van der Waals surface area contributed by atoms with E-state index in [1.807, 2.05) is 6.07 Å². The van der Waals surface area contributed by atoms with Gasteiger partial charge in [-0.25, -0.2) is 4.79 Å². The van der Waals surface area contributed by atoms with Crippen molar-refractivity contribution in [1.29, 1.82) is 0 Å². The molecule has 0 aliphatic rings. The van der Waals surface area contributed by atoms with E-state index in [-0.39, 0.29) is 49.8 Å². The molecule has 17 heteroatoms. The van der Waals surface area contributed by atoms with E-state index in [1.54, 1.807) is 36.4 Å². The van der Waals surface area contributed by atoms with Gasteiger partial charge < -0.3 is 43.0 Å². The van der Waals surface area contributed by atoms with Crippen LogP contribution in [-0.4, -0.2) is 71.0 Å². The van der Waals surface area contributed by atoms with Crippen molar-refractivity contribution in [2.45, 2.75) is 63.3 Å². The van der Waals surface area contributed by atoms with E-state index in [0.717, 1.165) is 5.56 Å². The van der Waals surface area contributed by atoms with Crippen molar-refractivity contribution in [3.05, 3.63) is 100 Å². The molecular weight excluding hydrogens is 674 g/mol. The number of phenols is 1. The molecule has 0 heterocycles. The lowest BCUT2D eigenvalue weighted by Crippen LogP contribution is -2.56. The fraction of sp³-hybridized carbons (Fsp3) is 0.343. The summed E-state index contributed by atoms with van der Waals surface area (Å²) in [6.45, 7) is 0.479. The van der Waals surface area contributed by atoms with Gasteiger partial charge in [0.1, 0.15) is 30.5 Å². The van der Waals surface area contributed by atoms with E-state index < -0.39 is 46.9 Å². The smallest absolute Gasteiger partial charge is 0.408 e. The minimum atomic E-state index is -1.21. The number of aliphatic imine (C=N–C) groups is 1. The van der Waals surface area contributed by atoms with Crippen molar-refractivity contribution in [3.8, 4) is 5.75 Å². The third-order valence-corrected chi connectivity index (χ3v) is 7.70. The number of carbonyl (C=O) groups excluding carboxylic acids is 4. The number of nitrogens with one attached hydrogen (secondary N) is 4. The Hall–Kier alpha value is -6.23. The van der Waals surface area contributed by atoms with Gasteiger partial charge >= 0.3 is 6.09 Å². The predicted octanol–water partition coefficient (Wildman–Crippen LogP) is 1.93. The molecule has 52 heavy (non-hydrogen) atoms. The Kier molecular flexibility index (Phi) is 16.3. The Bertz CT molecular complexity index is 1650. The number of alkyl carbamates (subject to hydrolysis) is 1. The number of unbranched alkanes of at least 4 members (excludes halogenated alkanes) is 1. The number of hydrogen-bond donors (Lipinski definition) is 8. The average Bonchev–Trinajstić information content (AvgIpc) is 3.12. The molecule has 3 rings (SSSR count). The lowest BCUT2D eigenvalue weighted by atomic mass is 10.0. The van der Waals surface area contributed by atoms with E-state index in [4.69, 9.17) is 21.9 Å². The van der Waals surface area contributed by atoms with Gasteiger partial charge in [0, 0.05) is 30.8 Å². The van der Waals surface area contributed by atoms with Gasteiger partial charge in [-0.3, -0.25) is 34.8 Å². The van der Waals surface area contributed by atoms with Gasteiger partial charge in [0.05, 0.1) is 4.92 Å². The van der Waals surface area contributed by atoms with E-state index in [9.17, 15) is 34.4 Å². The zero-order valence-corrected chi connectivity index (χ0v) is 28.5. The number of non-ortho nitro benzene ring substituents is 1. The van der Waals surface area contributed by atoms with E-state index in [2.05, 4.69) is 26.3 Å². The van der Waals surface area contributed by atoms with Crippen LogP contribution >= 0.6 is 0 Å². The van der Waals surface area contributed by atoms with Gasteiger partial charge in [0.15, 0.2) is 5.96 Å². The number of carbonyl (C=O) groups is 4. The molecule has 278 valence electrons. The second kappa shape index (κ2) is 21.1. The molecule has 0 aliphatic heterocycles. The third-order valence-electron chi connectivity index (χ3n) is 7.70. The van der Waals surface area contributed by atoms with Crippen molar-refractivity contribution in [2.24, 2.45) is 22.2 Å². The van der Waals surface area contributed by atoms with Crippen molar-refractivity contribution < 1.29 is 33.9 Å². The van der Waals surface area contributed by atoms with Crippen LogP contribution in [-0.2, 0) is 32.1 Å². The number of nitro groups is 1. The first kappa shape index (κ1) is 40.2. The third kappa shape index (κ3) is 14.3. The maximum absolute atomic E-state index is 13.7. The molecule has 0 radical (unpaired) electrons. The zero-order chi connectivity index (χ0) is 37.9. The number of rotatable bonds is 20. The number of phenolic OH excluding ortho intramolecular Hbond substituents is 1. The van der Waals surface area contributed by atoms with Crippen LogP contribution in [0, 0.1) is 10.1 Å². The van der Waals surface area contributed by atoms with Crippen LogP contribution in [0.4, 0.5) is 16.2 Å². The molecule has 4 amide bonds. The van der Waals surface area contributed by atoms with E-state index in [1.165, 1.54) is 36.4 Å². The summed E-state index contributed by atoms with van der Waals surface area (Å²) < 4.78 is 5.33. The summed E-state index contributed by atoms with van der Waals surface area (Å²) in [6, 6.07) is 17.0. The highest BCUT2D eigenvalue weighted by molar-refractivity contribution is 6.02. The maximum Gasteiger partial charge on any atom is 0.408 e. The van der Waals surface area contributed by atoms with Crippen LogP contribution in [0.2, 0.25) is 0 Å². The summed E-state index contributed by atoms with van der Waals surface area (Å²) in [4.78, 5) is 68.1. The fourth-order valence-electron chi connectivity index (χ4n) is 4.97. The van der Waals surface area contributed by atoms with Crippen LogP contribution in [0.5, 0.6) is 5.75 Å². The first-order valence-electron chi connectivity index (χ1n) is 16.6. The van der Waals surface area contributed by atoms with Crippen LogP contribution in [0.3, 0.4) is 0 Å². The predicted molar refractivity (Wildman–Crippen MR) is 194 cm³/mol. The van der Waals surface area contributed by atoms with Gasteiger partial charge in [0.25, 0.3) is 5.69 Å². The molecule has 17 nitrogen and oxygen atoms in total. The van der Waals surface area contributed by atoms with Gasteiger partial charge in [-0.1, -0.05) is 42.5 Å². The van der Waals surface area contributed by atoms with Gasteiger partial charge in [-0.05, 0) is 74.0 Å². The Labute approximate surface area is 300 Å². The summed E-state index contributed by atoms with van der Waals surface area (Å²) in [5.74, 6) is -2.36. The summed E-state index contributed by atoms with van der Waals surface area (Å²) in [5, 5.41) is 31.4. The number of anilines is 1. The first-order valence-corrected chi connectivity index (χ1v) is 16.6. The molecule has 0 bridgehead atoms. The first-order chi connectivity index (χ1) is 24.9. The van der Waals surface area contributed by atoms with Crippen molar-refractivity contribution in [1.82, 2.24) is 16.0 Å². The topological polar surface area (TPSA) is 279 Å². The lowest BCUT2D eigenvalue weighted by Gasteiger charge is -2.24. The maximum atomic E-state index is 13.7. The zero-order valence-electron chi connectivity index (χ0n) is 28.5. The average molecular weight is 720 g/mol. The quantitative estimate of drug-likeness (QED) is 0.0273. The highest BCUT2D eigenvalue weighted by Gasteiger charge is 2.30.